The van der Waals surface area contributed by atoms with Crippen LogP contribution in [-0.4, -0.2) is 22.0 Å². The summed E-state index contributed by atoms with van der Waals surface area (Å²) >= 11 is 3.33. The third kappa shape index (κ3) is 2.30. The number of hydrogen-bond donors (Lipinski definition) is 1. The normalized spacial score (nSPS) is 12.7. The minimum absolute atomic E-state index is 0.0777. The Hall–Kier alpha value is -1.27. The molecule has 96 valence electrons. The first kappa shape index (κ1) is 13.2. The Morgan fingerprint density at radius 1 is 1.44 bits per heavy atom. The Kier molecular flexibility index (Phi) is 3.77. The Bertz CT molecular complexity index is 567. The summed E-state index contributed by atoms with van der Waals surface area (Å²) in [4.78, 5) is 0. The van der Waals surface area contributed by atoms with E-state index in [1.54, 1.807) is 12.1 Å². The van der Waals surface area contributed by atoms with Gasteiger partial charge in [0.25, 0.3) is 0 Å². The lowest BCUT2D eigenvalue weighted by atomic mass is 10.2. The largest absolute Gasteiger partial charge is 0.312 e. The average molecular weight is 313 g/mol. The fraction of sp³-hybridized carbons (Fsp3) is 0.333. The summed E-state index contributed by atoms with van der Waals surface area (Å²) in [6.45, 7) is 3.86. The summed E-state index contributed by atoms with van der Waals surface area (Å²) in [6, 6.07) is 4.82. The highest BCUT2D eigenvalue weighted by molar-refractivity contribution is 9.10. The molecular formula is C12H14BrFN4. The molecule has 1 aromatic heterocycles. The molecule has 2 aromatic rings. The maximum absolute atomic E-state index is 13.8. The van der Waals surface area contributed by atoms with Crippen LogP contribution in [0.2, 0.25) is 0 Å². The van der Waals surface area contributed by atoms with Crippen molar-refractivity contribution in [3.8, 4) is 5.69 Å². The molecule has 1 unspecified atom stereocenters. The number of nitrogens with zero attached hydrogens (tertiary/aromatic N) is 3. The lowest BCUT2D eigenvalue weighted by Gasteiger charge is -2.09. The van der Waals surface area contributed by atoms with Crippen molar-refractivity contribution < 1.29 is 4.39 Å². The minimum Gasteiger partial charge on any atom is -0.312 e. The molecule has 0 saturated heterocycles. The number of halogens is 2. The molecule has 0 aliphatic carbocycles. The Morgan fingerprint density at radius 3 is 2.83 bits per heavy atom. The first-order chi connectivity index (χ1) is 8.54. The molecular weight excluding hydrogens is 299 g/mol. The SMILES string of the molecule is CNC(C)c1nnn(-c2cc(Br)ccc2F)c1C. The lowest BCUT2D eigenvalue weighted by Crippen LogP contribution is -2.14. The van der Waals surface area contributed by atoms with Crippen molar-refractivity contribution in [2.24, 2.45) is 0 Å². The predicted molar refractivity (Wildman–Crippen MR) is 71.2 cm³/mol. The average Bonchev–Trinajstić information content (AvgIpc) is 2.73. The van der Waals surface area contributed by atoms with Gasteiger partial charge in [0.05, 0.1) is 11.7 Å². The Labute approximate surface area is 113 Å². The minimum atomic E-state index is -0.324. The molecule has 0 bridgehead atoms. The van der Waals surface area contributed by atoms with E-state index >= 15 is 0 Å². The first-order valence-electron chi connectivity index (χ1n) is 5.59. The van der Waals surface area contributed by atoms with E-state index in [9.17, 15) is 4.39 Å². The van der Waals surface area contributed by atoms with Gasteiger partial charge in [0.15, 0.2) is 0 Å². The van der Waals surface area contributed by atoms with Crippen molar-refractivity contribution in [2.45, 2.75) is 19.9 Å². The molecule has 0 radical (unpaired) electrons. The van der Waals surface area contributed by atoms with Gasteiger partial charge in [0, 0.05) is 4.47 Å². The van der Waals surface area contributed by atoms with Crippen molar-refractivity contribution in [3.63, 3.8) is 0 Å². The number of nitrogens with one attached hydrogen (secondary N) is 1. The molecule has 0 spiro atoms. The number of rotatable bonds is 3. The van der Waals surface area contributed by atoms with Gasteiger partial charge in [-0.2, -0.15) is 0 Å². The highest BCUT2D eigenvalue weighted by Gasteiger charge is 2.16. The van der Waals surface area contributed by atoms with Gasteiger partial charge in [-0.1, -0.05) is 21.1 Å². The van der Waals surface area contributed by atoms with Crippen molar-refractivity contribution >= 4 is 15.9 Å². The van der Waals surface area contributed by atoms with E-state index in [1.165, 1.54) is 10.7 Å². The molecule has 0 aliphatic rings. The molecule has 1 N–H and O–H groups in total. The lowest BCUT2D eigenvalue weighted by molar-refractivity contribution is 0.604. The van der Waals surface area contributed by atoms with E-state index in [4.69, 9.17) is 0 Å². The zero-order valence-electron chi connectivity index (χ0n) is 10.4. The van der Waals surface area contributed by atoms with Gasteiger partial charge in [-0.15, -0.1) is 5.10 Å². The molecule has 18 heavy (non-hydrogen) atoms. The number of hydrogen-bond acceptors (Lipinski definition) is 3. The molecule has 1 atom stereocenters. The van der Waals surface area contributed by atoms with Gasteiger partial charge >= 0.3 is 0 Å². The number of aromatic nitrogens is 3. The van der Waals surface area contributed by atoms with E-state index in [0.29, 0.717) is 5.69 Å². The molecule has 1 aromatic carbocycles. The summed E-state index contributed by atoms with van der Waals surface area (Å²) < 4.78 is 16.1. The molecule has 6 heteroatoms. The van der Waals surface area contributed by atoms with Crippen molar-refractivity contribution in [1.29, 1.82) is 0 Å². The maximum atomic E-state index is 13.8. The van der Waals surface area contributed by atoms with Crippen molar-refractivity contribution in [3.05, 3.63) is 39.9 Å². The highest BCUT2D eigenvalue weighted by Crippen LogP contribution is 2.22. The van der Waals surface area contributed by atoms with E-state index in [0.717, 1.165) is 15.9 Å². The van der Waals surface area contributed by atoms with Gasteiger partial charge in [-0.05, 0) is 39.1 Å². The fourth-order valence-corrected chi connectivity index (χ4v) is 2.10. The van der Waals surface area contributed by atoms with Gasteiger partial charge < -0.3 is 5.32 Å². The molecule has 2 rings (SSSR count). The van der Waals surface area contributed by atoms with E-state index in [1.807, 2.05) is 20.9 Å². The van der Waals surface area contributed by atoms with Crippen LogP contribution in [0.3, 0.4) is 0 Å². The second-order valence-corrected chi connectivity index (χ2v) is 4.99. The van der Waals surface area contributed by atoms with Crippen molar-refractivity contribution in [2.75, 3.05) is 7.05 Å². The van der Waals surface area contributed by atoms with Crippen LogP contribution in [0, 0.1) is 12.7 Å². The Morgan fingerprint density at radius 2 is 2.17 bits per heavy atom. The van der Waals surface area contributed by atoms with Crippen molar-refractivity contribution in [1.82, 2.24) is 20.3 Å². The monoisotopic (exact) mass is 312 g/mol. The van der Waals surface area contributed by atoms with Gasteiger partial charge in [-0.3, -0.25) is 0 Å². The van der Waals surface area contributed by atoms with E-state index < -0.39 is 0 Å². The molecule has 0 saturated carbocycles. The predicted octanol–water partition coefficient (Wildman–Crippen LogP) is 2.76. The molecule has 1 heterocycles. The van der Waals surface area contributed by atoms with E-state index in [2.05, 4.69) is 31.6 Å². The standard InChI is InChI=1S/C12H14BrFN4/c1-7(15-3)12-8(2)18(17-16-12)11-6-9(13)4-5-10(11)14/h4-7,15H,1-3H3. The Balaban J connectivity index is 2.52. The van der Waals surface area contributed by atoms with Crippen LogP contribution in [0.1, 0.15) is 24.4 Å². The summed E-state index contributed by atoms with van der Waals surface area (Å²) in [5, 5.41) is 11.2. The third-order valence-corrected chi connectivity index (χ3v) is 3.40. The van der Waals surface area contributed by atoms with Gasteiger partial charge in [0.2, 0.25) is 0 Å². The van der Waals surface area contributed by atoms with Crippen LogP contribution < -0.4 is 5.32 Å². The second-order valence-electron chi connectivity index (χ2n) is 4.08. The quantitative estimate of drug-likeness (QED) is 0.947. The summed E-state index contributed by atoms with van der Waals surface area (Å²) in [5.74, 6) is -0.324. The summed E-state index contributed by atoms with van der Waals surface area (Å²) in [5.41, 5.74) is 2.04. The highest BCUT2D eigenvalue weighted by atomic mass is 79.9. The smallest absolute Gasteiger partial charge is 0.149 e. The first-order valence-corrected chi connectivity index (χ1v) is 6.38. The van der Waals surface area contributed by atoms with Crippen LogP contribution in [0.4, 0.5) is 4.39 Å². The molecule has 0 fully saturated rings. The van der Waals surface area contributed by atoms with Crippen LogP contribution >= 0.6 is 15.9 Å². The third-order valence-electron chi connectivity index (χ3n) is 2.91. The second kappa shape index (κ2) is 5.16. The summed E-state index contributed by atoms with van der Waals surface area (Å²) in [6.07, 6.45) is 0. The molecule has 4 nitrogen and oxygen atoms in total. The fourth-order valence-electron chi connectivity index (χ4n) is 1.75. The van der Waals surface area contributed by atoms with Gasteiger partial charge in [-0.25, -0.2) is 9.07 Å². The summed E-state index contributed by atoms with van der Waals surface area (Å²) in [7, 11) is 1.85. The topological polar surface area (TPSA) is 42.7 Å². The maximum Gasteiger partial charge on any atom is 0.149 e. The molecule has 0 aliphatic heterocycles. The molecule has 0 amide bonds. The van der Waals surface area contributed by atoms with Crippen LogP contribution in [-0.2, 0) is 0 Å². The number of benzene rings is 1. The van der Waals surface area contributed by atoms with E-state index in [-0.39, 0.29) is 11.9 Å². The zero-order chi connectivity index (χ0) is 13.3. The van der Waals surface area contributed by atoms with Crippen LogP contribution in [0.15, 0.2) is 22.7 Å². The van der Waals surface area contributed by atoms with Crippen LogP contribution in [0.25, 0.3) is 5.69 Å². The van der Waals surface area contributed by atoms with Gasteiger partial charge in [0.1, 0.15) is 17.2 Å². The van der Waals surface area contributed by atoms with Crippen LogP contribution in [0.5, 0.6) is 0 Å². The zero-order valence-corrected chi connectivity index (χ0v) is 12.0.